The molecule has 0 N–H and O–H groups in total. The first-order valence-electron chi connectivity index (χ1n) is 24.7. The van der Waals surface area contributed by atoms with Crippen molar-refractivity contribution in [3.63, 3.8) is 0 Å². The van der Waals surface area contributed by atoms with E-state index in [1.54, 1.807) is 0 Å². The quantitative estimate of drug-likeness (QED) is 0.120. The standard InChI is InChI=1S/C54H82N2O/c1-33(2)13-11-15-37(7)45-23-25-47-41-21-19-39-35(5)17-27-49(51(39)43(41)29-31-53(45,47)9)55-56(57)50-28-18-36(6)40-20-22-42-44(52(40)50)30-32-54(10)46(24-26-48(42)54)38(8)16-12-14-34(3)4/h17-18,27-28,33-34,37-38,41-48H,11-16,19-26,29-32H2,1-10H3. The fourth-order valence-corrected chi connectivity index (χ4v) is 16.2. The zero-order chi connectivity index (χ0) is 40.4. The van der Waals surface area contributed by atoms with E-state index in [9.17, 15) is 5.21 Å². The Kier molecular flexibility index (Phi) is 11.9. The highest BCUT2D eigenvalue weighted by Crippen LogP contribution is 2.67. The molecule has 0 heterocycles. The van der Waals surface area contributed by atoms with Crippen LogP contribution in [0.4, 0.5) is 11.4 Å². The van der Waals surface area contributed by atoms with E-state index in [4.69, 9.17) is 5.11 Å². The van der Waals surface area contributed by atoms with Gasteiger partial charge in [0.2, 0.25) is 5.69 Å². The third kappa shape index (κ3) is 7.40. The number of hydrogen-bond acceptors (Lipinski definition) is 2. The number of benzene rings is 2. The monoisotopic (exact) mass is 775 g/mol. The summed E-state index contributed by atoms with van der Waals surface area (Å²) in [5, 5.41) is 20.0. The number of aryl methyl sites for hydroxylation is 2. The Morgan fingerprint density at radius 3 is 1.60 bits per heavy atom. The predicted molar refractivity (Wildman–Crippen MR) is 240 cm³/mol. The minimum absolute atomic E-state index is 0.445. The normalized spacial score (nSPS) is 35.6. The molecule has 3 heteroatoms. The number of nitrogens with zero attached hydrogens (tertiary/aromatic N) is 2. The summed E-state index contributed by atoms with van der Waals surface area (Å²) in [6.45, 7) is 24.7. The van der Waals surface area contributed by atoms with Crippen LogP contribution in [0.1, 0.15) is 203 Å². The topological polar surface area (TPSA) is 38.4 Å². The van der Waals surface area contributed by atoms with Gasteiger partial charge in [-0.3, -0.25) is 0 Å². The van der Waals surface area contributed by atoms with Crippen molar-refractivity contribution < 1.29 is 4.86 Å². The molecule has 0 radical (unpaired) electrons. The molecule has 0 saturated heterocycles. The molecule has 6 aliphatic carbocycles. The van der Waals surface area contributed by atoms with Crippen LogP contribution in [-0.2, 0) is 12.8 Å². The van der Waals surface area contributed by atoms with Gasteiger partial charge in [-0.15, -0.1) is 0 Å². The van der Waals surface area contributed by atoms with Crippen LogP contribution in [-0.4, -0.2) is 4.86 Å². The Hall–Kier alpha value is -2.16. The number of fused-ring (bicyclic) bond motifs is 10. The molecule has 8 rings (SSSR count). The number of hydrogen-bond donors (Lipinski definition) is 0. The second kappa shape index (κ2) is 16.4. The molecule has 57 heavy (non-hydrogen) atoms. The van der Waals surface area contributed by atoms with Crippen LogP contribution >= 0.6 is 0 Å². The van der Waals surface area contributed by atoms with Crippen molar-refractivity contribution in [3.8, 4) is 0 Å². The summed E-state index contributed by atoms with van der Waals surface area (Å²) >= 11 is 0. The molecule has 4 fully saturated rings. The average molecular weight is 775 g/mol. The molecule has 12 unspecified atom stereocenters. The lowest BCUT2D eigenvalue weighted by Crippen LogP contribution is -2.43. The maximum Gasteiger partial charge on any atom is 0.248 e. The van der Waals surface area contributed by atoms with Crippen molar-refractivity contribution in [2.45, 2.75) is 197 Å². The van der Waals surface area contributed by atoms with E-state index in [1.807, 2.05) is 0 Å². The lowest BCUT2D eigenvalue weighted by Gasteiger charge is -2.52. The molecule has 0 spiro atoms. The predicted octanol–water partition coefficient (Wildman–Crippen LogP) is 16.1. The molecule has 3 nitrogen and oxygen atoms in total. The number of azo groups is 1. The highest BCUT2D eigenvalue weighted by molar-refractivity contribution is 5.57. The van der Waals surface area contributed by atoms with Gasteiger partial charge in [-0.05, 0) is 211 Å². The summed E-state index contributed by atoms with van der Waals surface area (Å²) in [5.41, 5.74) is 11.3. The van der Waals surface area contributed by atoms with Crippen LogP contribution in [0.5, 0.6) is 0 Å². The second-order valence-corrected chi connectivity index (χ2v) is 22.9. The minimum atomic E-state index is 0.445. The van der Waals surface area contributed by atoms with Crippen molar-refractivity contribution in [1.82, 2.24) is 0 Å². The highest BCUT2D eigenvalue weighted by atomic mass is 16.5. The van der Waals surface area contributed by atoms with E-state index in [1.165, 1.54) is 136 Å². The summed E-state index contributed by atoms with van der Waals surface area (Å²) in [6.07, 6.45) is 23.9. The van der Waals surface area contributed by atoms with Gasteiger partial charge in [0.15, 0.2) is 0 Å². The van der Waals surface area contributed by atoms with Gasteiger partial charge in [0.1, 0.15) is 5.69 Å². The highest BCUT2D eigenvalue weighted by Gasteiger charge is 2.58. The lowest BCUT2D eigenvalue weighted by atomic mass is 9.52. The van der Waals surface area contributed by atoms with E-state index in [-0.39, 0.29) is 0 Å². The molecule has 2 aromatic rings. The summed E-state index contributed by atoms with van der Waals surface area (Å²) in [4.78, 5) is 1.12. The molecule has 0 amide bonds. The Morgan fingerprint density at radius 1 is 0.614 bits per heavy atom. The molecule has 4 saturated carbocycles. The summed E-state index contributed by atoms with van der Waals surface area (Å²) < 4.78 is 0. The first kappa shape index (κ1) is 41.6. The lowest BCUT2D eigenvalue weighted by molar-refractivity contribution is -0.436. The fraction of sp³-hybridized carbons (Fsp3) is 0.778. The van der Waals surface area contributed by atoms with Crippen LogP contribution in [0.15, 0.2) is 29.4 Å². The van der Waals surface area contributed by atoms with Crippen LogP contribution in [0.2, 0.25) is 0 Å². The largest absolute Gasteiger partial charge is 0.594 e. The zero-order valence-electron chi connectivity index (χ0n) is 38.3. The van der Waals surface area contributed by atoms with Gasteiger partial charge in [-0.2, -0.15) is 0 Å². The van der Waals surface area contributed by atoms with Crippen LogP contribution in [0, 0.1) is 89.1 Å². The van der Waals surface area contributed by atoms with Crippen LogP contribution in [0.3, 0.4) is 0 Å². The van der Waals surface area contributed by atoms with Gasteiger partial charge < -0.3 is 5.21 Å². The van der Waals surface area contributed by atoms with Gasteiger partial charge in [-0.1, -0.05) is 106 Å². The molecule has 12 atom stereocenters. The minimum Gasteiger partial charge on any atom is -0.594 e. The van der Waals surface area contributed by atoms with Crippen molar-refractivity contribution in [3.05, 3.63) is 62.9 Å². The average Bonchev–Trinajstić information content (AvgIpc) is 3.72. The number of rotatable bonds is 12. The Balaban J connectivity index is 1.06. The summed E-state index contributed by atoms with van der Waals surface area (Å²) in [5.74, 6) is 8.97. The molecule has 0 bridgehead atoms. The first-order valence-corrected chi connectivity index (χ1v) is 24.7. The van der Waals surface area contributed by atoms with Crippen LogP contribution < -0.4 is 0 Å². The molecule has 6 aliphatic rings. The maximum atomic E-state index is 14.8. The summed E-state index contributed by atoms with van der Waals surface area (Å²) in [7, 11) is 0. The molecule has 0 aliphatic heterocycles. The first-order chi connectivity index (χ1) is 27.2. The van der Waals surface area contributed by atoms with E-state index in [0.717, 1.165) is 82.3 Å². The Labute approximate surface area is 349 Å². The SMILES string of the molecule is Cc1ccc(N=[N+]([O-])c2ccc(C)c3c2C2CCC4(C)C(C(C)CCCC(C)C)CCC4C2CC3)c2c1CCC1C2CCC2(C)C(C(C)CCCC(C)C)CCC12. The molecule has 314 valence electrons. The molecular formula is C54H82N2O. The van der Waals surface area contributed by atoms with E-state index in [2.05, 4.69) is 93.5 Å². The van der Waals surface area contributed by atoms with Crippen molar-refractivity contribution in [1.29, 1.82) is 0 Å². The van der Waals surface area contributed by atoms with Crippen molar-refractivity contribution in [2.75, 3.05) is 0 Å². The van der Waals surface area contributed by atoms with Gasteiger partial charge in [0.25, 0.3) is 0 Å². The fourth-order valence-electron chi connectivity index (χ4n) is 16.2. The van der Waals surface area contributed by atoms with Gasteiger partial charge in [-0.25, -0.2) is 0 Å². The third-order valence-corrected chi connectivity index (χ3v) is 19.0. The molecule has 0 aromatic heterocycles. The summed E-state index contributed by atoms with van der Waals surface area (Å²) in [6, 6.07) is 8.88. The third-order valence-electron chi connectivity index (χ3n) is 19.0. The Bertz CT molecular complexity index is 1790. The van der Waals surface area contributed by atoms with Crippen molar-refractivity contribution in [2.24, 2.45) is 75.1 Å². The van der Waals surface area contributed by atoms with Crippen molar-refractivity contribution >= 4 is 11.4 Å². The van der Waals surface area contributed by atoms with Gasteiger partial charge in [0, 0.05) is 16.7 Å². The van der Waals surface area contributed by atoms with E-state index >= 15 is 0 Å². The van der Waals surface area contributed by atoms with Gasteiger partial charge >= 0.3 is 0 Å². The zero-order valence-corrected chi connectivity index (χ0v) is 38.3. The second-order valence-electron chi connectivity index (χ2n) is 22.9. The van der Waals surface area contributed by atoms with E-state index < -0.39 is 0 Å². The molecule has 2 aromatic carbocycles. The van der Waals surface area contributed by atoms with Gasteiger partial charge in [0.05, 0.1) is 0 Å². The molecular weight excluding hydrogens is 693 g/mol. The Morgan fingerprint density at radius 2 is 1.09 bits per heavy atom. The maximum absolute atomic E-state index is 14.8. The van der Waals surface area contributed by atoms with E-state index in [0.29, 0.717) is 28.6 Å². The van der Waals surface area contributed by atoms with Crippen LogP contribution in [0.25, 0.3) is 0 Å². The smallest absolute Gasteiger partial charge is 0.248 e.